The molecule has 0 aliphatic heterocycles. The number of hydrogen-bond donors (Lipinski definition) is 0. The van der Waals surface area contributed by atoms with Crippen molar-refractivity contribution in [3.63, 3.8) is 0 Å². The van der Waals surface area contributed by atoms with Gasteiger partial charge < -0.3 is 0 Å². The molecule has 0 unspecified atom stereocenters. The first-order valence-electron chi connectivity index (χ1n) is 9.00. The summed E-state index contributed by atoms with van der Waals surface area (Å²) in [4.78, 5) is 0. The first-order chi connectivity index (χ1) is 12.1. The molecule has 0 saturated carbocycles. The van der Waals surface area contributed by atoms with Crippen LogP contribution in [-0.2, 0) is 0 Å². The minimum atomic E-state index is 0.485. The summed E-state index contributed by atoms with van der Waals surface area (Å²) in [5, 5.41) is 0. The van der Waals surface area contributed by atoms with E-state index in [-0.39, 0.29) is 0 Å². The summed E-state index contributed by atoms with van der Waals surface area (Å²) in [6, 6.07) is 24.1. The molecule has 123 valence electrons. The van der Waals surface area contributed by atoms with Crippen molar-refractivity contribution < 1.29 is 0 Å². The van der Waals surface area contributed by atoms with E-state index >= 15 is 0 Å². The summed E-state index contributed by atoms with van der Waals surface area (Å²) >= 11 is 0. The molecule has 0 fully saturated rings. The number of fused-ring (bicyclic) bond motifs is 1. The van der Waals surface area contributed by atoms with Gasteiger partial charge in [-0.3, -0.25) is 0 Å². The molecule has 0 saturated heterocycles. The third-order valence-electron chi connectivity index (χ3n) is 4.97. The lowest BCUT2D eigenvalue weighted by molar-refractivity contribution is 0.868. The Balaban J connectivity index is 2.03. The van der Waals surface area contributed by atoms with Crippen LogP contribution in [0.5, 0.6) is 0 Å². The maximum Gasteiger partial charge on any atom is 0.0161 e. The largest absolute Gasteiger partial charge is 0.0642 e. The lowest BCUT2D eigenvalue weighted by Crippen LogP contribution is -1.98. The molecule has 1 radical (unpaired) electrons. The van der Waals surface area contributed by atoms with Gasteiger partial charge in [-0.2, -0.15) is 0 Å². The molecule has 0 amide bonds. The topological polar surface area (TPSA) is 0 Å². The Morgan fingerprint density at radius 3 is 2.12 bits per heavy atom. The van der Waals surface area contributed by atoms with E-state index in [1.165, 1.54) is 44.5 Å². The zero-order chi connectivity index (χ0) is 17.4. The van der Waals surface area contributed by atoms with Crippen LogP contribution in [0.2, 0.25) is 0 Å². The summed E-state index contributed by atoms with van der Waals surface area (Å²) in [6.45, 7) is 6.75. The van der Waals surface area contributed by atoms with Crippen molar-refractivity contribution >= 4 is 6.08 Å². The van der Waals surface area contributed by atoms with Gasteiger partial charge in [-0.25, -0.2) is 0 Å². The zero-order valence-corrected chi connectivity index (χ0v) is 15.1. The summed E-state index contributed by atoms with van der Waals surface area (Å²) in [7, 11) is 0. The quantitative estimate of drug-likeness (QED) is 0.481. The molecule has 0 aromatic heterocycles. The molecule has 0 nitrogen and oxygen atoms in total. The molecule has 0 bridgehead atoms. The molecule has 25 heavy (non-hydrogen) atoms. The molecule has 0 atom stereocenters. The summed E-state index contributed by atoms with van der Waals surface area (Å²) < 4.78 is 0. The van der Waals surface area contributed by atoms with Crippen LogP contribution in [0.1, 0.15) is 43.4 Å². The van der Waals surface area contributed by atoms with Crippen molar-refractivity contribution in [1.82, 2.24) is 0 Å². The van der Waals surface area contributed by atoms with Gasteiger partial charge in [-0.15, -0.1) is 0 Å². The first-order valence-corrected chi connectivity index (χ1v) is 9.00. The van der Waals surface area contributed by atoms with Crippen LogP contribution >= 0.6 is 0 Å². The molecule has 0 heteroatoms. The average Bonchev–Trinajstić information content (AvgIpc) is 3.01. The van der Waals surface area contributed by atoms with E-state index in [2.05, 4.69) is 100.0 Å². The van der Waals surface area contributed by atoms with Crippen LogP contribution in [0.25, 0.3) is 28.3 Å². The average molecular weight is 323 g/mol. The minimum absolute atomic E-state index is 0.485. The van der Waals surface area contributed by atoms with Crippen molar-refractivity contribution in [2.75, 3.05) is 0 Å². The van der Waals surface area contributed by atoms with E-state index in [1.807, 2.05) is 0 Å². The lowest BCUT2D eigenvalue weighted by Gasteiger charge is -2.20. The Bertz CT molecular complexity index is 943. The molecule has 0 heterocycles. The zero-order valence-electron chi connectivity index (χ0n) is 15.1. The summed E-state index contributed by atoms with van der Waals surface area (Å²) in [5.74, 6) is 0.485. The van der Waals surface area contributed by atoms with E-state index in [0.717, 1.165) is 0 Å². The monoisotopic (exact) mass is 323 g/mol. The highest BCUT2D eigenvalue weighted by Crippen LogP contribution is 2.43. The number of allylic oxidation sites excluding steroid dienone is 1. The molecule has 1 aliphatic carbocycles. The Morgan fingerprint density at radius 2 is 1.40 bits per heavy atom. The fourth-order valence-corrected chi connectivity index (χ4v) is 3.80. The van der Waals surface area contributed by atoms with E-state index in [1.54, 1.807) is 0 Å². The SMILES string of the molecule is CC1=Cc2c(ccc(C(C)C)c2-c2ccccc2-c2ccccc2)[CH]1. The smallest absolute Gasteiger partial charge is 0.0161 e. The molecule has 0 spiro atoms. The van der Waals surface area contributed by atoms with E-state index < -0.39 is 0 Å². The number of hydrogen-bond acceptors (Lipinski definition) is 0. The Labute approximate surface area is 150 Å². The van der Waals surface area contributed by atoms with E-state index in [0.29, 0.717) is 5.92 Å². The number of rotatable bonds is 3. The van der Waals surface area contributed by atoms with E-state index in [4.69, 9.17) is 0 Å². The van der Waals surface area contributed by atoms with Gasteiger partial charge in [0.25, 0.3) is 0 Å². The predicted octanol–water partition coefficient (Wildman–Crippen LogP) is 7.11. The third kappa shape index (κ3) is 2.82. The highest BCUT2D eigenvalue weighted by atomic mass is 14.2. The van der Waals surface area contributed by atoms with Crippen molar-refractivity contribution in [3.8, 4) is 22.3 Å². The fraction of sp³-hybridized carbons (Fsp3) is 0.160. The van der Waals surface area contributed by atoms with Gasteiger partial charge in [0.05, 0.1) is 0 Å². The molecule has 3 aromatic rings. The van der Waals surface area contributed by atoms with Gasteiger partial charge in [0.15, 0.2) is 0 Å². The van der Waals surface area contributed by atoms with Gasteiger partial charge >= 0.3 is 0 Å². The Morgan fingerprint density at radius 1 is 0.720 bits per heavy atom. The van der Waals surface area contributed by atoms with Crippen molar-refractivity contribution in [3.05, 3.63) is 95.4 Å². The second-order valence-electron chi connectivity index (χ2n) is 7.13. The first kappa shape index (κ1) is 15.9. The highest BCUT2D eigenvalue weighted by Gasteiger charge is 2.21. The molecular weight excluding hydrogens is 300 g/mol. The van der Waals surface area contributed by atoms with Crippen LogP contribution < -0.4 is 0 Å². The van der Waals surface area contributed by atoms with Crippen LogP contribution in [0.4, 0.5) is 0 Å². The van der Waals surface area contributed by atoms with Gasteiger partial charge in [0.2, 0.25) is 0 Å². The van der Waals surface area contributed by atoms with Crippen molar-refractivity contribution in [2.24, 2.45) is 0 Å². The lowest BCUT2D eigenvalue weighted by atomic mass is 9.84. The molecule has 3 aromatic carbocycles. The molecule has 0 N–H and O–H groups in total. The van der Waals surface area contributed by atoms with Crippen LogP contribution in [0.15, 0.2) is 72.3 Å². The maximum absolute atomic E-state index is 2.33. The number of benzene rings is 3. The highest BCUT2D eigenvalue weighted by molar-refractivity contribution is 5.92. The van der Waals surface area contributed by atoms with Gasteiger partial charge in [0.1, 0.15) is 0 Å². The molecule has 1 aliphatic rings. The van der Waals surface area contributed by atoms with Gasteiger partial charge in [-0.1, -0.05) is 92.2 Å². The third-order valence-corrected chi connectivity index (χ3v) is 4.97. The summed E-state index contributed by atoms with van der Waals surface area (Å²) in [5.41, 5.74) is 10.7. The van der Waals surface area contributed by atoms with E-state index in [9.17, 15) is 0 Å². The Hall–Kier alpha value is -2.60. The molecule has 4 rings (SSSR count). The van der Waals surface area contributed by atoms with Gasteiger partial charge in [0, 0.05) is 6.42 Å². The predicted molar refractivity (Wildman–Crippen MR) is 108 cm³/mol. The second-order valence-corrected chi connectivity index (χ2v) is 7.13. The fourth-order valence-electron chi connectivity index (χ4n) is 3.80. The molecular formula is C25H23. The van der Waals surface area contributed by atoms with Crippen LogP contribution in [-0.4, -0.2) is 0 Å². The van der Waals surface area contributed by atoms with Crippen molar-refractivity contribution in [1.29, 1.82) is 0 Å². The van der Waals surface area contributed by atoms with Gasteiger partial charge in [-0.05, 0) is 51.8 Å². The summed E-state index contributed by atoms with van der Waals surface area (Å²) in [6.07, 6.45) is 4.62. The standard InChI is InChI=1S/C25H23/c1-17(2)21-14-13-20-15-18(3)16-24(20)25(21)23-12-8-7-11-22(23)19-9-5-4-6-10-19/h4-17H,1-3H3. The maximum atomic E-state index is 2.33. The minimum Gasteiger partial charge on any atom is -0.0642 e. The second kappa shape index (κ2) is 6.37. The normalized spacial score (nSPS) is 13.0. The van der Waals surface area contributed by atoms with Crippen LogP contribution in [0, 0.1) is 6.42 Å². The van der Waals surface area contributed by atoms with Crippen molar-refractivity contribution in [2.45, 2.75) is 26.7 Å². The Kier molecular flexibility index (Phi) is 4.05. The van der Waals surface area contributed by atoms with Crippen LogP contribution in [0.3, 0.4) is 0 Å².